The Balaban J connectivity index is 2.52. The highest BCUT2D eigenvalue weighted by Gasteiger charge is 2.15. The van der Waals surface area contributed by atoms with Crippen LogP contribution in [0.3, 0.4) is 0 Å². The summed E-state index contributed by atoms with van der Waals surface area (Å²) in [7, 11) is 0. The molecule has 94 valence electrons. The summed E-state index contributed by atoms with van der Waals surface area (Å²) in [6.45, 7) is 7.17. The van der Waals surface area contributed by atoms with Gasteiger partial charge in [-0.05, 0) is 17.0 Å². The number of hydrogen-bond acceptors (Lipinski definition) is 2. The molecule has 1 unspecified atom stereocenters. The van der Waals surface area contributed by atoms with Crippen LogP contribution in [-0.2, 0) is 17.9 Å². The summed E-state index contributed by atoms with van der Waals surface area (Å²) in [6.07, 6.45) is 0. The summed E-state index contributed by atoms with van der Waals surface area (Å²) in [5.74, 6) is 0.524. The molecule has 17 heavy (non-hydrogen) atoms. The first-order valence-corrected chi connectivity index (χ1v) is 6.10. The molecule has 0 aromatic heterocycles. The van der Waals surface area contributed by atoms with Crippen LogP contribution in [0, 0.1) is 11.8 Å². The van der Waals surface area contributed by atoms with Crippen LogP contribution < -0.4 is 11.1 Å². The van der Waals surface area contributed by atoms with Gasteiger partial charge in [0.15, 0.2) is 0 Å². The molecule has 0 saturated heterocycles. The van der Waals surface area contributed by atoms with E-state index in [0.717, 1.165) is 11.1 Å². The van der Waals surface area contributed by atoms with Gasteiger partial charge in [0.05, 0.1) is 0 Å². The predicted octanol–water partition coefficient (Wildman–Crippen LogP) is 2.05. The van der Waals surface area contributed by atoms with Gasteiger partial charge >= 0.3 is 0 Å². The Bertz CT molecular complexity index is 374. The number of carbonyl (C=O) groups excluding carboxylic acids is 1. The second-order valence-electron chi connectivity index (χ2n) is 4.77. The average Bonchev–Trinajstić information content (AvgIpc) is 2.35. The minimum atomic E-state index is 0.0488. The van der Waals surface area contributed by atoms with E-state index in [9.17, 15) is 4.79 Å². The second-order valence-corrected chi connectivity index (χ2v) is 4.77. The Morgan fingerprint density at radius 2 is 1.94 bits per heavy atom. The molecule has 0 radical (unpaired) electrons. The van der Waals surface area contributed by atoms with Crippen molar-refractivity contribution >= 4 is 5.91 Å². The van der Waals surface area contributed by atoms with E-state index < -0.39 is 0 Å². The van der Waals surface area contributed by atoms with Crippen LogP contribution in [0.25, 0.3) is 0 Å². The zero-order valence-corrected chi connectivity index (χ0v) is 10.9. The summed E-state index contributed by atoms with van der Waals surface area (Å²) >= 11 is 0. The van der Waals surface area contributed by atoms with Gasteiger partial charge in [0, 0.05) is 19.0 Å². The molecule has 0 aliphatic rings. The molecule has 1 aromatic carbocycles. The first-order chi connectivity index (χ1) is 8.04. The van der Waals surface area contributed by atoms with Gasteiger partial charge in [0.1, 0.15) is 0 Å². The van der Waals surface area contributed by atoms with Gasteiger partial charge in [0.2, 0.25) is 5.91 Å². The predicted molar refractivity (Wildman–Crippen MR) is 70.2 cm³/mol. The van der Waals surface area contributed by atoms with Crippen molar-refractivity contribution in [1.82, 2.24) is 5.32 Å². The van der Waals surface area contributed by atoms with Gasteiger partial charge in [-0.25, -0.2) is 0 Å². The number of amides is 1. The molecule has 3 heteroatoms. The van der Waals surface area contributed by atoms with Gasteiger partial charge in [-0.15, -0.1) is 0 Å². The number of carbonyl (C=O) groups is 1. The zero-order chi connectivity index (χ0) is 12.8. The summed E-state index contributed by atoms with van der Waals surface area (Å²) in [6, 6.07) is 7.98. The van der Waals surface area contributed by atoms with Crippen molar-refractivity contribution in [2.45, 2.75) is 33.9 Å². The Morgan fingerprint density at radius 3 is 2.53 bits per heavy atom. The smallest absolute Gasteiger partial charge is 0.223 e. The highest BCUT2D eigenvalue weighted by atomic mass is 16.1. The van der Waals surface area contributed by atoms with E-state index in [1.807, 2.05) is 31.2 Å². The van der Waals surface area contributed by atoms with Crippen molar-refractivity contribution in [3.8, 4) is 0 Å². The highest BCUT2D eigenvalue weighted by Crippen LogP contribution is 2.10. The van der Waals surface area contributed by atoms with Crippen LogP contribution in [0.15, 0.2) is 24.3 Å². The molecule has 3 nitrogen and oxygen atoms in total. The Hall–Kier alpha value is -1.35. The quantitative estimate of drug-likeness (QED) is 0.819. The van der Waals surface area contributed by atoms with E-state index in [2.05, 4.69) is 19.2 Å². The molecule has 0 aliphatic carbocycles. The standard InChI is InChI=1S/C14H22N2O/c1-10(2)11(3)14(17)16-9-13-6-4-5-12(7-13)8-15/h4-7,10-11H,8-9,15H2,1-3H3,(H,16,17). The van der Waals surface area contributed by atoms with Crippen molar-refractivity contribution in [2.75, 3.05) is 0 Å². The van der Waals surface area contributed by atoms with Crippen LogP contribution in [0.1, 0.15) is 31.9 Å². The third-order valence-electron chi connectivity index (χ3n) is 3.11. The minimum Gasteiger partial charge on any atom is -0.352 e. The highest BCUT2D eigenvalue weighted by molar-refractivity contribution is 5.78. The molecular formula is C14H22N2O. The zero-order valence-electron chi connectivity index (χ0n) is 10.9. The largest absolute Gasteiger partial charge is 0.352 e. The Kier molecular flexibility index (Phi) is 5.16. The van der Waals surface area contributed by atoms with Gasteiger partial charge in [0.25, 0.3) is 0 Å². The summed E-state index contributed by atoms with van der Waals surface area (Å²) in [4.78, 5) is 11.8. The van der Waals surface area contributed by atoms with E-state index in [0.29, 0.717) is 19.0 Å². The molecule has 0 bridgehead atoms. The number of benzene rings is 1. The maximum absolute atomic E-state index is 11.8. The van der Waals surface area contributed by atoms with E-state index in [4.69, 9.17) is 5.73 Å². The molecule has 1 amide bonds. The first-order valence-electron chi connectivity index (χ1n) is 6.10. The molecule has 0 spiro atoms. The molecule has 1 atom stereocenters. The first kappa shape index (κ1) is 13.7. The third kappa shape index (κ3) is 4.19. The molecular weight excluding hydrogens is 212 g/mol. The second kappa shape index (κ2) is 6.40. The SMILES string of the molecule is CC(C)C(C)C(=O)NCc1cccc(CN)c1. The van der Waals surface area contributed by atoms with Gasteiger partial charge in [-0.3, -0.25) is 4.79 Å². The maximum Gasteiger partial charge on any atom is 0.223 e. The molecule has 0 saturated carbocycles. The van der Waals surface area contributed by atoms with Crippen molar-refractivity contribution in [1.29, 1.82) is 0 Å². The fourth-order valence-corrected chi connectivity index (χ4v) is 1.52. The van der Waals surface area contributed by atoms with E-state index >= 15 is 0 Å². The maximum atomic E-state index is 11.8. The number of nitrogens with one attached hydrogen (secondary N) is 1. The van der Waals surface area contributed by atoms with E-state index in [-0.39, 0.29) is 11.8 Å². The van der Waals surface area contributed by atoms with Crippen LogP contribution in [0.4, 0.5) is 0 Å². The van der Waals surface area contributed by atoms with Gasteiger partial charge < -0.3 is 11.1 Å². The van der Waals surface area contributed by atoms with Crippen molar-refractivity contribution in [2.24, 2.45) is 17.6 Å². The molecule has 0 heterocycles. The monoisotopic (exact) mass is 234 g/mol. The van der Waals surface area contributed by atoms with E-state index in [1.165, 1.54) is 0 Å². The van der Waals surface area contributed by atoms with E-state index in [1.54, 1.807) is 0 Å². The number of hydrogen-bond donors (Lipinski definition) is 2. The van der Waals surface area contributed by atoms with Crippen LogP contribution in [0.5, 0.6) is 0 Å². The average molecular weight is 234 g/mol. The summed E-state index contributed by atoms with van der Waals surface area (Å²) < 4.78 is 0. The number of rotatable bonds is 5. The van der Waals surface area contributed by atoms with Crippen molar-refractivity contribution in [3.63, 3.8) is 0 Å². The van der Waals surface area contributed by atoms with Crippen LogP contribution in [0.2, 0.25) is 0 Å². The van der Waals surface area contributed by atoms with Crippen molar-refractivity contribution in [3.05, 3.63) is 35.4 Å². The molecule has 3 N–H and O–H groups in total. The fraction of sp³-hybridized carbons (Fsp3) is 0.500. The normalized spacial score (nSPS) is 12.5. The minimum absolute atomic E-state index is 0.0488. The number of nitrogens with two attached hydrogens (primary N) is 1. The van der Waals surface area contributed by atoms with Gasteiger partial charge in [-0.1, -0.05) is 45.0 Å². The van der Waals surface area contributed by atoms with Crippen LogP contribution in [-0.4, -0.2) is 5.91 Å². The lowest BCUT2D eigenvalue weighted by molar-refractivity contribution is -0.125. The molecule has 0 aliphatic heterocycles. The van der Waals surface area contributed by atoms with Gasteiger partial charge in [-0.2, -0.15) is 0 Å². The third-order valence-corrected chi connectivity index (χ3v) is 3.11. The molecule has 1 rings (SSSR count). The fourth-order valence-electron chi connectivity index (χ4n) is 1.52. The topological polar surface area (TPSA) is 55.1 Å². The van der Waals surface area contributed by atoms with Crippen molar-refractivity contribution < 1.29 is 4.79 Å². The lowest BCUT2D eigenvalue weighted by atomic mass is 9.97. The summed E-state index contributed by atoms with van der Waals surface area (Å²) in [5.41, 5.74) is 7.76. The molecule has 0 fully saturated rings. The molecule has 1 aromatic rings. The van der Waals surface area contributed by atoms with Crippen LogP contribution >= 0.6 is 0 Å². The summed E-state index contributed by atoms with van der Waals surface area (Å²) in [5, 5.41) is 2.95. The Labute approximate surface area is 103 Å². The Morgan fingerprint density at radius 1 is 1.29 bits per heavy atom. The lowest BCUT2D eigenvalue weighted by Gasteiger charge is -2.15. The lowest BCUT2D eigenvalue weighted by Crippen LogP contribution is -2.31.